The van der Waals surface area contributed by atoms with Crippen molar-refractivity contribution >= 4 is 23.2 Å². The Bertz CT molecular complexity index is 1350. The molecule has 0 aliphatic carbocycles. The molecule has 1 heterocycles. The van der Waals surface area contributed by atoms with Crippen LogP contribution >= 0.6 is 23.2 Å². The molecule has 0 bridgehead atoms. The molecule has 0 N–H and O–H groups in total. The van der Waals surface area contributed by atoms with E-state index < -0.39 is 0 Å². The molecule has 4 aromatic rings. The van der Waals surface area contributed by atoms with Gasteiger partial charge in [-0.2, -0.15) is 5.26 Å². The number of aromatic nitrogens is 1. The van der Waals surface area contributed by atoms with Crippen molar-refractivity contribution in [1.82, 2.24) is 4.57 Å². The van der Waals surface area contributed by atoms with Crippen LogP contribution in [0.3, 0.4) is 0 Å². The summed E-state index contributed by atoms with van der Waals surface area (Å²) in [6.07, 6.45) is 0.753. The number of hydrogen-bond donors (Lipinski definition) is 0. The summed E-state index contributed by atoms with van der Waals surface area (Å²) in [5, 5.41) is 11.1. The van der Waals surface area contributed by atoms with Crippen molar-refractivity contribution in [3.8, 4) is 34.1 Å². The smallest absolute Gasteiger partial charge is 0.274 e. The molecule has 0 fully saturated rings. The number of rotatable bonds is 4. The maximum Gasteiger partial charge on any atom is 0.274 e. The lowest BCUT2D eigenvalue weighted by Crippen LogP contribution is -2.24. The monoisotopic (exact) mass is 444 g/mol. The molecule has 1 aromatic heterocycles. The van der Waals surface area contributed by atoms with E-state index in [2.05, 4.69) is 6.07 Å². The Balaban J connectivity index is 2.11. The molecule has 0 saturated carbocycles. The third kappa shape index (κ3) is 4.01. The molecule has 4 rings (SSSR count). The van der Waals surface area contributed by atoms with E-state index >= 15 is 0 Å². The largest absolute Gasteiger partial charge is 0.275 e. The molecule has 152 valence electrons. The molecule has 0 amide bonds. The summed E-state index contributed by atoms with van der Waals surface area (Å²) in [7, 11) is 0. The van der Waals surface area contributed by atoms with Gasteiger partial charge >= 0.3 is 0 Å². The van der Waals surface area contributed by atoms with Gasteiger partial charge in [-0.3, -0.25) is 9.36 Å². The van der Waals surface area contributed by atoms with Crippen molar-refractivity contribution in [3.63, 3.8) is 0 Å². The highest BCUT2D eigenvalue weighted by Gasteiger charge is 2.19. The Morgan fingerprint density at radius 3 is 2.03 bits per heavy atom. The van der Waals surface area contributed by atoms with E-state index in [-0.39, 0.29) is 11.1 Å². The van der Waals surface area contributed by atoms with Crippen LogP contribution < -0.4 is 5.56 Å². The number of nitrogens with zero attached hydrogens (tertiary/aromatic N) is 2. The van der Waals surface area contributed by atoms with Crippen molar-refractivity contribution in [2.45, 2.75) is 13.3 Å². The van der Waals surface area contributed by atoms with Gasteiger partial charge < -0.3 is 0 Å². The number of halogens is 2. The van der Waals surface area contributed by atoms with Gasteiger partial charge in [0.1, 0.15) is 11.6 Å². The topological polar surface area (TPSA) is 45.8 Å². The van der Waals surface area contributed by atoms with E-state index in [1.165, 1.54) is 0 Å². The zero-order valence-electron chi connectivity index (χ0n) is 16.8. The lowest BCUT2D eigenvalue weighted by molar-refractivity contribution is 0.959. The van der Waals surface area contributed by atoms with Crippen LogP contribution in [-0.4, -0.2) is 4.57 Å². The number of hydrogen-bond acceptors (Lipinski definition) is 2. The Labute approximate surface area is 190 Å². The first-order chi connectivity index (χ1) is 15.0. The predicted molar refractivity (Wildman–Crippen MR) is 127 cm³/mol. The molecule has 0 atom stereocenters. The molecule has 3 aromatic carbocycles. The molecule has 5 heteroatoms. The summed E-state index contributed by atoms with van der Waals surface area (Å²) in [5.74, 6) is 0. The zero-order chi connectivity index (χ0) is 22.0. The van der Waals surface area contributed by atoms with Gasteiger partial charge in [0.05, 0.1) is 11.4 Å². The first-order valence-corrected chi connectivity index (χ1v) is 10.6. The first kappa shape index (κ1) is 20.9. The lowest BCUT2D eigenvalue weighted by atomic mass is 9.97. The summed E-state index contributed by atoms with van der Waals surface area (Å²) in [5.41, 5.74) is 4.34. The average molecular weight is 445 g/mol. The Kier molecular flexibility index (Phi) is 5.95. The van der Waals surface area contributed by atoms with Crippen LogP contribution in [0.1, 0.15) is 18.1 Å². The Hall–Kier alpha value is -3.32. The molecular weight excluding hydrogens is 427 g/mol. The fraction of sp³-hybridized carbons (Fsp3) is 0.0769. The number of benzene rings is 3. The maximum atomic E-state index is 13.7. The second kappa shape index (κ2) is 8.81. The van der Waals surface area contributed by atoms with Crippen LogP contribution in [0.4, 0.5) is 0 Å². The summed E-state index contributed by atoms with van der Waals surface area (Å²) in [4.78, 5) is 13.7. The first-order valence-electron chi connectivity index (χ1n) is 9.83. The van der Waals surface area contributed by atoms with Crippen molar-refractivity contribution in [2.24, 2.45) is 0 Å². The number of aryl methyl sites for hydroxylation is 1. The van der Waals surface area contributed by atoms with Crippen LogP contribution in [-0.2, 0) is 6.42 Å². The second-order valence-corrected chi connectivity index (χ2v) is 7.94. The van der Waals surface area contributed by atoms with Crippen LogP contribution in [0.25, 0.3) is 28.1 Å². The highest BCUT2D eigenvalue weighted by molar-refractivity contribution is 6.30. The molecule has 0 saturated heterocycles. The van der Waals surface area contributed by atoms with Gasteiger partial charge in [0.25, 0.3) is 5.56 Å². The Morgan fingerprint density at radius 2 is 1.45 bits per heavy atom. The zero-order valence-corrected chi connectivity index (χ0v) is 18.3. The molecular formula is C26H18Cl2N2O. The second-order valence-electron chi connectivity index (χ2n) is 7.07. The number of pyridine rings is 1. The molecule has 0 spiro atoms. The van der Waals surface area contributed by atoms with E-state index in [9.17, 15) is 10.1 Å². The van der Waals surface area contributed by atoms with Gasteiger partial charge in [-0.25, -0.2) is 0 Å². The minimum atomic E-state index is -0.360. The van der Waals surface area contributed by atoms with Crippen LogP contribution in [0, 0.1) is 11.3 Å². The average Bonchev–Trinajstić information content (AvgIpc) is 2.79. The van der Waals surface area contributed by atoms with Gasteiger partial charge in [0.15, 0.2) is 0 Å². The highest BCUT2D eigenvalue weighted by Crippen LogP contribution is 2.31. The minimum absolute atomic E-state index is 0.0888. The number of para-hydroxylation sites is 1. The van der Waals surface area contributed by atoms with Gasteiger partial charge in [-0.05, 0) is 59.5 Å². The normalized spacial score (nSPS) is 10.6. The van der Waals surface area contributed by atoms with Gasteiger partial charge in [-0.1, -0.05) is 72.6 Å². The van der Waals surface area contributed by atoms with E-state index in [0.717, 1.165) is 28.8 Å². The fourth-order valence-corrected chi connectivity index (χ4v) is 3.93. The quantitative estimate of drug-likeness (QED) is 0.343. The van der Waals surface area contributed by atoms with Crippen LogP contribution in [0.2, 0.25) is 10.0 Å². The minimum Gasteiger partial charge on any atom is -0.275 e. The molecule has 3 nitrogen and oxygen atoms in total. The molecule has 0 radical (unpaired) electrons. The predicted octanol–water partition coefficient (Wildman–Crippen LogP) is 6.91. The third-order valence-corrected chi connectivity index (χ3v) is 5.73. The maximum absolute atomic E-state index is 13.7. The Morgan fingerprint density at radius 1 is 0.871 bits per heavy atom. The highest BCUT2D eigenvalue weighted by atomic mass is 35.5. The van der Waals surface area contributed by atoms with Crippen molar-refractivity contribution in [2.75, 3.05) is 0 Å². The summed E-state index contributed by atoms with van der Waals surface area (Å²) >= 11 is 12.1. The van der Waals surface area contributed by atoms with Crippen LogP contribution in [0.15, 0.2) is 83.7 Å². The summed E-state index contributed by atoms with van der Waals surface area (Å²) < 4.78 is 1.63. The van der Waals surface area contributed by atoms with Crippen molar-refractivity contribution < 1.29 is 0 Å². The van der Waals surface area contributed by atoms with Crippen molar-refractivity contribution in [1.29, 1.82) is 5.26 Å². The van der Waals surface area contributed by atoms with Crippen molar-refractivity contribution in [3.05, 3.63) is 110 Å². The summed E-state index contributed by atoms with van der Waals surface area (Å²) in [6, 6.07) is 26.2. The standard InChI is InChI=1S/C26H18Cl2N2O/c1-2-17-5-3-4-6-24(17)30-25(19-9-13-21(28)14-10-19)15-22(23(16-29)26(30)31)18-7-11-20(27)12-8-18/h3-15H,2H2,1H3. The van der Waals surface area contributed by atoms with Gasteiger partial charge in [-0.15, -0.1) is 0 Å². The van der Waals surface area contributed by atoms with E-state index in [1.807, 2.05) is 61.5 Å². The van der Waals surface area contributed by atoms with Gasteiger partial charge in [0, 0.05) is 15.6 Å². The lowest BCUT2D eigenvalue weighted by Gasteiger charge is -2.19. The summed E-state index contributed by atoms with van der Waals surface area (Å²) in [6.45, 7) is 2.04. The molecule has 0 aliphatic heterocycles. The number of nitriles is 1. The molecule has 31 heavy (non-hydrogen) atoms. The van der Waals surface area contributed by atoms with E-state index in [1.54, 1.807) is 28.8 Å². The SMILES string of the molecule is CCc1ccccc1-n1c(-c2ccc(Cl)cc2)cc(-c2ccc(Cl)cc2)c(C#N)c1=O. The van der Waals surface area contributed by atoms with Crippen LogP contribution in [0.5, 0.6) is 0 Å². The molecule has 0 unspecified atom stereocenters. The molecule has 0 aliphatic rings. The van der Waals surface area contributed by atoms with E-state index in [4.69, 9.17) is 23.2 Å². The fourth-order valence-electron chi connectivity index (χ4n) is 3.68. The third-order valence-electron chi connectivity index (χ3n) is 5.23. The van der Waals surface area contributed by atoms with Gasteiger partial charge in [0.2, 0.25) is 0 Å². The van der Waals surface area contributed by atoms with E-state index in [0.29, 0.717) is 21.3 Å².